The minimum absolute atomic E-state index is 0.0691. The van der Waals surface area contributed by atoms with Crippen LogP contribution in [0.15, 0.2) is 35.5 Å². The number of hydrogen-bond acceptors (Lipinski definition) is 5. The van der Waals surface area contributed by atoms with Crippen LogP contribution in [0.2, 0.25) is 0 Å². The van der Waals surface area contributed by atoms with Crippen LogP contribution in [0.25, 0.3) is 0 Å². The van der Waals surface area contributed by atoms with Gasteiger partial charge in [-0.2, -0.15) is 0 Å². The van der Waals surface area contributed by atoms with E-state index in [0.29, 0.717) is 17.3 Å². The summed E-state index contributed by atoms with van der Waals surface area (Å²) in [5.74, 6) is 0.776. The smallest absolute Gasteiger partial charge is 0.244 e. The first-order valence-corrected chi connectivity index (χ1v) is 8.58. The molecule has 0 saturated carbocycles. The van der Waals surface area contributed by atoms with Crippen LogP contribution in [0, 0.1) is 6.92 Å². The minimum Gasteiger partial charge on any atom is -0.495 e. The number of imidazole rings is 1. The number of rotatable bonds is 6. The van der Waals surface area contributed by atoms with Crippen LogP contribution in [0.3, 0.4) is 0 Å². The molecule has 0 aliphatic heterocycles. The Morgan fingerprint density at radius 2 is 2.08 bits per heavy atom. The van der Waals surface area contributed by atoms with Gasteiger partial charge in [0.05, 0.1) is 17.7 Å². The third kappa shape index (κ3) is 3.74. The van der Waals surface area contributed by atoms with Gasteiger partial charge in [-0.25, -0.2) is 17.7 Å². The maximum absolute atomic E-state index is 12.2. The van der Waals surface area contributed by atoms with Crippen molar-refractivity contribution in [3.8, 4) is 5.75 Å². The second-order valence-corrected chi connectivity index (χ2v) is 7.45. The van der Waals surface area contributed by atoms with E-state index in [4.69, 9.17) is 4.74 Å². The normalized spacial score (nSPS) is 11.5. The molecule has 0 bridgehead atoms. The lowest BCUT2D eigenvalue weighted by atomic mass is 10.3. The lowest BCUT2D eigenvalue weighted by Crippen LogP contribution is -2.23. The van der Waals surface area contributed by atoms with Gasteiger partial charge in [0, 0.05) is 26.5 Å². The predicted molar refractivity (Wildman–Crippen MR) is 89.5 cm³/mol. The van der Waals surface area contributed by atoms with E-state index in [9.17, 15) is 13.2 Å². The number of ether oxygens (including phenoxy) is 1. The van der Waals surface area contributed by atoms with Crippen molar-refractivity contribution in [1.82, 2.24) is 13.9 Å². The molecule has 0 aliphatic rings. The highest BCUT2D eigenvalue weighted by Gasteiger charge is 2.20. The van der Waals surface area contributed by atoms with E-state index in [2.05, 4.69) is 10.3 Å². The van der Waals surface area contributed by atoms with Gasteiger partial charge in [0.25, 0.3) is 0 Å². The van der Waals surface area contributed by atoms with E-state index in [1.807, 2.05) is 0 Å². The third-order valence-corrected chi connectivity index (χ3v) is 5.27. The van der Waals surface area contributed by atoms with Crippen LogP contribution in [0.4, 0.5) is 5.69 Å². The van der Waals surface area contributed by atoms with Gasteiger partial charge in [0.2, 0.25) is 15.9 Å². The molecule has 24 heavy (non-hydrogen) atoms. The zero-order chi connectivity index (χ0) is 17.9. The van der Waals surface area contributed by atoms with Crippen molar-refractivity contribution in [2.75, 3.05) is 26.5 Å². The van der Waals surface area contributed by atoms with Crippen LogP contribution < -0.4 is 10.1 Å². The topological polar surface area (TPSA) is 93.5 Å². The number of benzene rings is 1. The molecule has 1 aromatic heterocycles. The van der Waals surface area contributed by atoms with Crippen molar-refractivity contribution in [3.63, 3.8) is 0 Å². The summed E-state index contributed by atoms with van der Waals surface area (Å²) in [6.45, 7) is 1.86. The van der Waals surface area contributed by atoms with E-state index < -0.39 is 10.0 Å². The number of aromatic nitrogens is 2. The summed E-state index contributed by atoms with van der Waals surface area (Å²) in [5.41, 5.74) is 0.295. The number of carbonyl (C=O) groups excluding carboxylic acids is 1. The number of nitrogens with zero attached hydrogens (tertiary/aromatic N) is 3. The average molecular weight is 352 g/mol. The Kier molecular flexibility index (Phi) is 5.25. The minimum atomic E-state index is -3.61. The molecular formula is C15H20N4O4S. The molecule has 9 heteroatoms. The first-order valence-electron chi connectivity index (χ1n) is 7.14. The Morgan fingerprint density at radius 1 is 1.38 bits per heavy atom. The zero-order valence-corrected chi connectivity index (χ0v) is 14.8. The van der Waals surface area contributed by atoms with Crippen LogP contribution in [-0.2, 0) is 21.4 Å². The van der Waals surface area contributed by atoms with E-state index in [-0.39, 0.29) is 17.3 Å². The third-order valence-electron chi connectivity index (χ3n) is 3.46. The summed E-state index contributed by atoms with van der Waals surface area (Å²) in [4.78, 5) is 16.3. The number of amides is 1. The molecule has 0 saturated heterocycles. The Bertz CT molecular complexity index is 843. The summed E-state index contributed by atoms with van der Waals surface area (Å²) in [7, 11) is 0.732. The van der Waals surface area contributed by atoms with E-state index >= 15 is 0 Å². The molecule has 8 nitrogen and oxygen atoms in total. The summed E-state index contributed by atoms with van der Waals surface area (Å²) >= 11 is 0. The van der Waals surface area contributed by atoms with E-state index in [1.54, 1.807) is 23.9 Å². The second kappa shape index (κ2) is 7.02. The van der Waals surface area contributed by atoms with Gasteiger partial charge >= 0.3 is 0 Å². The number of anilines is 1. The SMILES string of the molecule is COc1ccc(S(=O)(=O)N(C)C)cc1NC(=O)Cn1ccnc1C. The maximum Gasteiger partial charge on any atom is 0.244 e. The number of aryl methyl sites for hydroxylation is 1. The van der Waals surface area contributed by atoms with Crippen molar-refractivity contribution in [2.45, 2.75) is 18.4 Å². The van der Waals surface area contributed by atoms with Crippen LogP contribution in [0.5, 0.6) is 5.75 Å². The highest BCUT2D eigenvalue weighted by Crippen LogP contribution is 2.28. The number of hydrogen-bond donors (Lipinski definition) is 1. The second-order valence-electron chi connectivity index (χ2n) is 5.30. The molecule has 0 unspecified atom stereocenters. The average Bonchev–Trinajstić information content (AvgIpc) is 2.92. The monoisotopic (exact) mass is 352 g/mol. The number of methoxy groups -OCH3 is 1. The summed E-state index contributed by atoms with van der Waals surface area (Å²) in [5, 5.41) is 2.68. The van der Waals surface area contributed by atoms with Crippen molar-refractivity contribution < 1.29 is 17.9 Å². The van der Waals surface area contributed by atoms with Crippen molar-refractivity contribution >= 4 is 21.6 Å². The lowest BCUT2D eigenvalue weighted by molar-refractivity contribution is -0.116. The molecule has 1 heterocycles. The quantitative estimate of drug-likeness (QED) is 0.840. The number of sulfonamides is 1. The fourth-order valence-corrected chi connectivity index (χ4v) is 3.00. The predicted octanol–water partition coefficient (Wildman–Crippen LogP) is 1.09. The fraction of sp³-hybridized carbons (Fsp3) is 0.333. The van der Waals surface area contributed by atoms with Gasteiger partial charge in [0.1, 0.15) is 18.1 Å². The molecule has 130 valence electrons. The largest absolute Gasteiger partial charge is 0.495 e. The van der Waals surface area contributed by atoms with Gasteiger partial charge in [-0.3, -0.25) is 4.79 Å². The Morgan fingerprint density at radius 3 is 2.62 bits per heavy atom. The van der Waals surface area contributed by atoms with Gasteiger partial charge in [-0.1, -0.05) is 0 Å². The molecule has 0 atom stereocenters. The van der Waals surface area contributed by atoms with E-state index in [0.717, 1.165) is 4.31 Å². The first kappa shape index (κ1) is 18.0. The molecule has 1 aromatic carbocycles. The molecule has 2 aromatic rings. The maximum atomic E-state index is 12.2. The summed E-state index contributed by atoms with van der Waals surface area (Å²) < 4.78 is 32.4. The zero-order valence-electron chi connectivity index (χ0n) is 14.0. The van der Waals surface area contributed by atoms with Gasteiger partial charge < -0.3 is 14.6 Å². The van der Waals surface area contributed by atoms with Crippen LogP contribution in [-0.4, -0.2) is 49.4 Å². The number of nitrogens with one attached hydrogen (secondary N) is 1. The van der Waals surface area contributed by atoms with Gasteiger partial charge in [-0.05, 0) is 25.1 Å². The van der Waals surface area contributed by atoms with Crippen LogP contribution >= 0.6 is 0 Å². The molecule has 1 N–H and O–H groups in total. The Labute approximate surface area is 141 Å². The Hall–Kier alpha value is -2.39. The molecule has 0 aliphatic carbocycles. The van der Waals surface area contributed by atoms with Crippen molar-refractivity contribution in [2.24, 2.45) is 0 Å². The molecule has 2 rings (SSSR count). The van der Waals surface area contributed by atoms with Gasteiger partial charge in [-0.15, -0.1) is 0 Å². The molecule has 1 amide bonds. The Balaban J connectivity index is 2.28. The van der Waals surface area contributed by atoms with Crippen molar-refractivity contribution in [1.29, 1.82) is 0 Å². The molecule has 0 radical (unpaired) electrons. The molecule has 0 fully saturated rings. The standard InChI is InChI=1S/C15H20N4O4S/c1-11-16-7-8-19(11)10-15(20)17-13-9-12(5-6-14(13)23-4)24(21,22)18(2)3/h5-9H,10H2,1-4H3,(H,17,20). The fourth-order valence-electron chi connectivity index (χ4n) is 2.07. The number of carbonyl (C=O) groups is 1. The summed E-state index contributed by atoms with van der Waals surface area (Å²) in [6.07, 6.45) is 3.30. The highest BCUT2D eigenvalue weighted by molar-refractivity contribution is 7.89. The molecular weight excluding hydrogens is 332 g/mol. The van der Waals surface area contributed by atoms with E-state index in [1.165, 1.54) is 39.4 Å². The first-order chi connectivity index (χ1) is 11.3. The molecule has 0 spiro atoms. The summed E-state index contributed by atoms with van der Waals surface area (Å²) in [6, 6.07) is 4.32. The van der Waals surface area contributed by atoms with Crippen molar-refractivity contribution in [3.05, 3.63) is 36.4 Å². The lowest BCUT2D eigenvalue weighted by Gasteiger charge is -2.15. The van der Waals surface area contributed by atoms with Gasteiger partial charge in [0.15, 0.2) is 0 Å². The van der Waals surface area contributed by atoms with Crippen LogP contribution in [0.1, 0.15) is 5.82 Å². The highest BCUT2D eigenvalue weighted by atomic mass is 32.2.